The second-order valence-electron chi connectivity index (χ2n) is 9.27. The van der Waals surface area contributed by atoms with Crippen LogP contribution in [0.2, 0.25) is 5.02 Å². The Morgan fingerprint density at radius 3 is 2.41 bits per heavy atom. The molecule has 1 aromatic carbocycles. The minimum absolute atomic E-state index is 0.142. The Balaban J connectivity index is 1.30. The van der Waals surface area contributed by atoms with Crippen molar-refractivity contribution in [2.75, 3.05) is 36.4 Å². The van der Waals surface area contributed by atoms with E-state index in [0.717, 1.165) is 63.3 Å². The van der Waals surface area contributed by atoms with Gasteiger partial charge in [0.1, 0.15) is 5.54 Å². The van der Waals surface area contributed by atoms with Gasteiger partial charge in [-0.1, -0.05) is 11.6 Å². The zero-order chi connectivity index (χ0) is 22.6. The molecule has 32 heavy (non-hydrogen) atoms. The molecule has 10 heteroatoms. The van der Waals surface area contributed by atoms with Gasteiger partial charge in [0.2, 0.25) is 0 Å². The zero-order valence-electron chi connectivity index (χ0n) is 17.5. The van der Waals surface area contributed by atoms with Crippen LogP contribution < -0.4 is 15.5 Å². The normalized spacial score (nSPS) is 21.7. The van der Waals surface area contributed by atoms with Crippen LogP contribution in [-0.4, -0.2) is 41.9 Å². The van der Waals surface area contributed by atoms with Crippen LogP contribution in [0, 0.1) is 5.41 Å². The second-order valence-corrected chi connectivity index (χ2v) is 9.67. The molecule has 1 aromatic heterocycles. The van der Waals surface area contributed by atoms with Crippen LogP contribution in [0.1, 0.15) is 37.7 Å². The number of benzene rings is 1. The average molecular weight is 468 g/mol. The molecule has 3 fully saturated rings. The summed E-state index contributed by atoms with van der Waals surface area (Å²) in [6.07, 6.45) is 3.63. The highest BCUT2D eigenvalue weighted by Gasteiger charge is 2.47. The topological polar surface area (TPSA) is 62.2 Å². The highest BCUT2D eigenvalue weighted by molar-refractivity contribution is 6.33. The molecule has 1 amide bonds. The first-order chi connectivity index (χ1) is 15.2. The van der Waals surface area contributed by atoms with Crippen molar-refractivity contribution >= 4 is 28.9 Å². The lowest BCUT2D eigenvalue weighted by Gasteiger charge is -2.48. The van der Waals surface area contributed by atoms with Crippen LogP contribution in [0.4, 0.5) is 24.5 Å². The fourth-order valence-corrected chi connectivity index (χ4v) is 5.11. The summed E-state index contributed by atoms with van der Waals surface area (Å²) in [4.78, 5) is 15.5. The quantitative estimate of drug-likeness (QED) is 0.705. The molecule has 2 saturated heterocycles. The van der Waals surface area contributed by atoms with Gasteiger partial charge in [-0.2, -0.15) is 18.3 Å². The molecule has 0 unspecified atom stereocenters. The van der Waals surface area contributed by atoms with Gasteiger partial charge >= 0.3 is 6.18 Å². The largest absolute Gasteiger partial charge is 0.416 e. The molecular weight excluding hydrogens is 443 g/mol. The fourth-order valence-electron chi connectivity index (χ4n) is 4.89. The first kappa shape index (κ1) is 21.6. The van der Waals surface area contributed by atoms with Crippen LogP contribution in [0.3, 0.4) is 0 Å². The van der Waals surface area contributed by atoms with Crippen molar-refractivity contribution in [1.82, 2.24) is 15.1 Å². The number of nitrogens with one attached hydrogen (secondary N) is 2. The minimum atomic E-state index is -4.49. The van der Waals surface area contributed by atoms with Crippen molar-refractivity contribution in [2.24, 2.45) is 5.41 Å². The number of aromatic nitrogens is 2. The maximum absolute atomic E-state index is 13.2. The van der Waals surface area contributed by atoms with Gasteiger partial charge in [-0.25, -0.2) is 0 Å². The molecule has 2 aliphatic heterocycles. The van der Waals surface area contributed by atoms with E-state index in [1.54, 1.807) is 10.9 Å². The predicted octanol–water partition coefficient (Wildman–Crippen LogP) is 4.26. The number of hydrogen-bond donors (Lipinski definition) is 2. The number of alkyl halides is 3. The summed E-state index contributed by atoms with van der Waals surface area (Å²) in [6, 6.07) is 2.95. The van der Waals surface area contributed by atoms with E-state index in [9.17, 15) is 18.0 Å². The van der Waals surface area contributed by atoms with Crippen molar-refractivity contribution in [1.29, 1.82) is 0 Å². The zero-order valence-corrected chi connectivity index (χ0v) is 18.3. The average Bonchev–Trinajstić information content (AvgIpc) is 3.17. The summed E-state index contributed by atoms with van der Waals surface area (Å²) in [7, 11) is 0. The molecule has 1 saturated carbocycles. The molecule has 0 bridgehead atoms. The molecule has 0 radical (unpaired) electrons. The number of nitrogens with zero attached hydrogens (tertiary/aromatic N) is 3. The van der Waals surface area contributed by atoms with Crippen LogP contribution in [0.15, 0.2) is 30.6 Å². The number of halogens is 4. The fraction of sp³-hybridized carbons (Fsp3) is 0.545. The number of amides is 1. The van der Waals surface area contributed by atoms with E-state index in [1.807, 2.05) is 6.20 Å². The molecule has 6 nitrogen and oxygen atoms in total. The van der Waals surface area contributed by atoms with Crippen molar-refractivity contribution in [3.05, 3.63) is 41.2 Å². The number of carbonyl (C=O) groups is 1. The van der Waals surface area contributed by atoms with Gasteiger partial charge in [-0.05, 0) is 55.7 Å². The Morgan fingerprint density at radius 1 is 1.16 bits per heavy atom. The third kappa shape index (κ3) is 3.65. The lowest BCUT2D eigenvalue weighted by molar-refractivity contribution is -0.137. The van der Waals surface area contributed by atoms with Crippen molar-refractivity contribution in [2.45, 2.75) is 43.8 Å². The molecule has 1 spiro atoms. The van der Waals surface area contributed by atoms with E-state index in [2.05, 4.69) is 20.6 Å². The maximum Gasteiger partial charge on any atom is 0.416 e. The Labute approximate surface area is 189 Å². The van der Waals surface area contributed by atoms with Gasteiger partial charge in [0.25, 0.3) is 5.91 Å². The van der Waals surface area contributed by atoms with Crippen LogP contribution >= 0.6 is 11.6 Å². The number of hydrogen-bond acceptors (Lipinski definition) is 4. The first-order valence-corrected chi connectivity index (χ1v) is 11.3. The third-order valence-electron chi connectivity index (χ3n) is 7.34. The maximum atomic E-state index is 13.2. The smallest absolute Gasteiger partial charge is 0.369 e. The van der Waals surface area contributed by atoms with Gasteiger partial charge in [0.05, 0.1) is 28.2 Å². The van der Waals surface area contributed by atoms with Gasteiger partial charge < -0.3 is 15.5 Å². The van der Waals surface area contributed by atoms with Gasteiger partial charge in [-0.3, -0.25) is 9.48 Å². The Morgan fingerprint density at radius 2 is 1.88 bits per heavy atom. The molecule has 3 aliphatic rings. The Hall–Kier alpha value is -2.26. The monoisotopic (exact) mass is 467 g/mol. The van der Waals surface area contributed by atoms with Gasteiger partial charge in [-0.15, -0.1) is 0 Å². The molecule has 172 valence electrons. The van der Waals surface area contributed by atoms with E-state index < -0.39 is 17.3 Å². The summed E-state index contributed by atoms with van der Waals surface area (Å²) in [5, 5.41) is 10.5. The van der Waals surface area contributed by atoms with E-state index >= 15 is 0 Å². The van der Waals surface area contributed by atoms with Crippen LogP contribution in [0.25, 0.3) is 0 Å². The summed E-state index contributed by atoms with van der Waals surface area (Å²) in [6.45, 7) is 4.12. The third-order valence-corrected chi connectivity index (χ3v) is 7.66. The summed E-state index contributed by atoms with van der Waals surface area (Å²) in [5.74, 6) is -0.307. The number of rotatable bonds is 4. The SMILES string of the molecule is O=C(Nc1ccc(C(F)(F)F)cc1Cl)C1(n2cc(N3CCC4(CC3)CNC4)cn2)CCC1. The molecule has 2 aromatic rings. The highest BCUT2D eigenvalue weighted by atomic mass is 35.5. The molecule has 5 rings (SSSR count). The standard InChI is InChI=1S/C22H25ClF3N5O/c23-17-10-15(22(24,25)26)2-3-18(17)29-19(32)21(4-1-5-21)31-12-16(11-28-31)30-8-6-20(7-9-30)13-27-14-20/h2-3,10-12,27H,1,4-9,13-14H2,(H,29,32). The lowest BCUT2D eigenvalue weighted by atomic mass is 9.73. The van der Waals surface area contributed by atoms with Crippen LogP contribution in [0.5, 0.6) is 0 Å². The molecule has 0 atom stereocenters. The van der Waals surface area contributed by atoms with Crippen LogP contribution in [-0.2, 0) is 16.5 Å². The first-order valence-electron chi connectivity index (χ1n) is 10.9. The van der Waals surface area contributed by atoms with E-state index in [-0.39, 0.29) is 16.6 Å². The van der Waals surface area contributed by atoms with Gasteiger partial charge in [0, 0.05) is 32.4 Å². The van der Waals surface area contributed by atoms with Crippen molar-refractivity contribution in [3.63, 3.8) is 0 Å². The van der Waals surface area contributed by atoms with E-state index in [4.69, 9.17) is 11.6 Å². The highest BCUT2D eigenvalue weighted by Crippen LogP contribution is 2.42. The van der Waals surface area contributed by atoms with Gasteiger partial charge in [0.15, 0.2) is 0 Å². The number of carbonyl (C=O) groups excluding carboxylic acids is 1. The minimum Gasteiger partial charge on any atom is -0.369 e. The van der Waals surface area contributed by atoms with E-state index in [1.165, 1.54) is 6.07 Å². The van der Waals surface area contributed by atoms with Crippen molar-refractivity contribution < 1.29 is 18.0 Å². The molecule has 1 aliphatic carbocycles. The van der Waals surface area contributed by atoms with E-state index in [0.29, 0.717) is 18.3 Å². The van der Waals surface area contributed by atoms with Crippen molar-refractivity contribution in [3.8, 4) is 0 Å². The summed E-state index contributed by atoms with van der Waals surface area (Å²) < 4.78 is 40.4. The second kappa shape index (κ2) is 7.66. The Bertz CT molecular complexity index is 1020. The summed E-state index contributed by atoms with van der Waals surface area (Å²) >= 11 is 6.03. The number of piperidine rings is 1. The Kier molecular flexibility index (Phi) is 5.16. The molecular formula is C22H25ClF3N5O. The number of anilines is 2. The molecule has 2 N–H and O–H groups in total. The predicted molar refractivity (Wildman–Crippen MR) is 116 cm³/mol. The lowest BCUT2D eigenvalue weighted by Crippen LogP contribution is -2.58. The summed E-state index contributed by atoms with van der Waals surface area (Å²) in [5.41, 5.74) is -0.0871. The molecule has 3 heterocycles.